The van der Waals surface area contributed by atoms with Gasteiger partial charge in [0.1, 0.15) is 5.69 Å². The molecule has 146 valence electrons. The first kappa shape index (κ1) is 17.5. The van der Waals surface area contributed by atoms with Crippen molar-refractivity contribution in [2.45, 2.75) is 0 Å². The third-order valence-corrected chi connectivity index (χ3v) is 5.25. The number of fused-ring (bicyclic) bond motifs is 2. The zero-order chi connectivity index (χ0) is 20.6. The summed E-state index contributed by atoms with van der Waals surface area (Å²) in [5, 5.41) is 7.07. The van der Waals surface area contributed by atoms with Crippen molar-refractivity contribution in [3.63, 3.8) is 0 Å². The predicted octanol–water partition coefficient (Wildman–Crippen LogP) is 5.67. The third-order valence-electron chi connectivity index (χ3n) is 5.25. The normalized spacial score (nSPS) is 11.2. The molecular weight excluding hydrogens is 382 g/mol. The molecule has 0 fully saturated rings. The Kier molecular flexibility index (Phi) is 4.03. The summed E-state index contributed by atoms with van der Waals surface area (Å²) in [6.45, 7) is 0. The Balaban J connectivity index is 1.56. The lowest BCUT2D eigenvalue weighted by atomic mass is 10.1. The summed E-state index contributed by atoms with van der Waals surface area (Å²) in [4.78, 5) is 14.3. The zero-order valence-corrected chi connectivity index (χ0v) is 16.6. The van der Waals surface area contributed by atoms with E-state index < -0.39 is 0 Å². The van der Waals surface area contributed by atoms with Crippen LogP contribution in [-0.2, 0) is 0 Å². The Bertz CT molecular complexity index is 1410. The van der Waals surface area contributed by atoms with E-state index >= 15 is 0 Å². The highest BCUT2D eigenvalue weighted by Gasteiger charge is 2.14. The average molecular weight is 399 g/mol. The number of benzene rings is 3. The fourth-order valence-corrected chi connectivity index (χ4v) is 3.70. The molecule has 0 radical (unpaired) electrons. The number of aromatic nitrogens is 5. The lowest BCUT2D eigenvalue weighted by molar-refractivity contribution is 0.957. The van der Waals surface area contributed by atoms with E-state index in [0.717, 1.165) is 22.0 Å². The molecule has 0 amide bonds. The van der Waals surface area contributed by atoms with E-state index in [1.807, 2.05) is 89.6 Å². The maximum Gasteiger partial charge on any atom is 0.184 e. The Morgan fingerprint density at radius 1 is 0.516 bits per heavy atom. The van der Waals surface area contributed by atoms with Gasteiger partial charge in [0.05, 0.1) is 5.52 Å². The van der Waals surface area contributed by atoms with Gasteiger partial charge in [-0.25, -0.2) is 19.5 Å². The molecule has 5 heteroatoms. The molecule has 0 N–H and O–H groups in total. The molecule has 0 spiro atoms. The summed E-state index contributed by atoms with van der Waals surface area (Å²) in [6.07, 6.45) is 2.03. The highest BCUT2D eigenvalue weighted by Crippen LogP contribution is 2.25. The van der Waals surface area contributed by atoms with E-state index in [9.17, 15) is 0 Å². The minimum atomic E-state index is 0.556. The molecule has 0 unspecified atom stereocenters. The van der Waals surface area contributed by atoms with Crippen molar-refractivity contribution in [2.75, 3.05) is 0 Å². The molecule has 6 aromatic rings. The van der Waals surface area contributed by atoms with Crippen LogP contribution >= 0.6 is 0 Å². The fourth-order valence-electron chi connectivity index (χ4n) is 3.70. The third kappa shape index (κ3) is 3.22. The van der Waals surface area contributed by atoms with Crippen LogP contribution in [0.15, 0.2) is 103 Å². The number of hydrogen-bond acceptors (Lipinski definition) is 4. The van der Waals surface area contributed by atoms with Gasteiger partial charge in [-0.05, 0) is 17.5 Å². The molecule has 5 nitrogen and oxygen atoms in total. The molecule has 0 aliphatic rings. The molecule has 31 heavy (non-hydrogen) atoms. The summed E-state index contributed by atoms with van der Waals surface area (Å²) >= 11 is 0. The van der Waals surface area contributed by atoms with E-state index in [1.165, 1.54) is 5.39 Å². The van der Waals surface area contributed by atoms with Crippen LogP contribution < -0.4 is 0 Å². The van der Waals surface area contributed by atoms with Gasteiger partial charge in [-0.2, -0.15) is 5.10 Å². The van der Waals surface area contributed by atoms with E-state index in [4.69, 9.17) is 20.1 Å². The summed E-state index contributed by atoms with van der Waals surface area (Å²) in [5.41, 5.74) is 3.60. The predicted molar refractivity (Wildman–Crippen MR) is 122 cm³/mol. The van der Waals surface area contributed by atoms with Crippen LogP contribution in [0.3, 0.4) is 0 Å². The molecule has 0 atom stereocenters. The van der Waals surface area contributed by atoms with Crippen molar-refractivity contribution in [1.82, 2.24) is 24.6 Å². The van der Waals surface area contributed by atoms with Crippen molar-refractivity contribution in [2.24, 2.45) is 0 Å². The van der Waals surface area contributed by atoms with Crippen LogP contribution in [0.25, 0.3) is 50.6 Å². The van der Waals surface area contributed by atoms with E-state index in [2.05, 4.69) is 18.2 Å². The second-order valence-electron chi connectivity index (χ2n) is 7.34. The number of pyridine rings is 1. The van der Waals surface area contributed by atoms with Crippen molar-refractivity contribution in [3.8, 4) is 34.3 Å². The molecule has 3 aromatic heterocycles. The van der Waals surface area contributed by atoms with Crippen molar-refractivity contribution in [1.29, 1.82) is 0 Å². The number of hydrogen-bond donors (Lipinski definition) is 0. The molecule has 0 saturated heterocycles. The Labute approximate surface area is 178 Å². The quantitative estimate of drug-likeness (QED) is 0.384. The largest absolute Gasteiger partial charge is 0.240 e. The first-order valence-corrected chi connectivity index (χ1v) is 10.1. The maximum atomic E-state index is 4.77. The van der Waals surface area contributed by atoms with Crippen molar-refractivity contribution >= 4 is 16.3 Å². The van der Waals surface area contributed by atoms with Gasteiger partial charge in [-0.3, -0.25) is 0 Å². The van der Waals surface area contributed by atoms with Gasteiger partial charge in [-0.1, -0.05) is 84.9 Å². The minimum absolute atomic E-state index is 0.556. The minimum Gasteiger partial charge on any atom is -0.240 e. The molecule has 0 aliphatic carbocycles. The Hall–Kier alpha value is -4.38. The summed E-state index contributed by atoms with van der Waals surface area (Å²) < 4.78 is 1.88. The number of rotatable bonds is 3. The Morgan fingerprint density at radius 3 is 1.71 bits per heavy atom. The molecule has 0 aliphatic heterocycles. The van der Waals surface area contributed by atoms with Crippen molar-refractivity contribution < 1.29 is 0 Å². The van der Waals surface area contributed by atoms with Gasteiger partial charge < -0.3 is 0 Å². The topological polar surface area (TPSA) is 56.0 Å². The first-order valence-electron chi connectivity index (χ1n) is 10.1. The standard InChI is InChI=1S/C26H17N5/c1-3-9-18(10-4-1)24-27-25(19-11-5-2-6-12-19)29-26(28-24)23-16-22-15-20-13-7-8-14-21(20)17-31(22)30-23/h1-17H. The van der Waals surface area contributed by atoms with Crippen LogP contribution in [0.2, 0.25) is 0 Å². The Morgan fingerprint density at radius 2 is 1.06 bits per heavy atom. The zero-order valence-electron chi connectivity index (χ0n) is 16.6. The first-order chi connectivity index (χ1) is 15.3. The summed E-state index contributed by atoms with van der Waals surface area (Å²) in [5.74, 6) is 1.82. The van der Waals surface area contributed by atoms with Gasteiger partial charge in [0.2, 0.25) is 0 Å². The second kappa shape index (κ2) is 7.15. The molecule has 0 bridgehead atoms. The smallest absolute Gasteiger partial charge is 0.184 e. The maximum absolute atomic E-state index is 4.77. The van der Waals surface area contributed by atoms with Crippen molar-refractivity contribution in [3.05, 3.63) is 103 Å². The summed E-state index contributed by atoms with van der Waals surface area (Å²) in [6, 6.07) is 32.3. The van der Waals surface area contributed by atoms with Crippen LogP contribution in [0.4, 0.5) is 0 Å². The van der Waals surface area contributed by atoms with E-state index in [1.54, 1.807) is 0 Å². The van der Waals surface area contributed by atoms with Gasteiger partial charge in [0.15, 0.2) is 17.5 Å². The van der Waals surface area contributed by atoms with E-state index in [-0.39, 0.29) is 0 Å². The molecule has 0 saturated carbocycles. The molecular formula is C26H17N5. The monoisotopic (exact) mass is 399 g/mol. The van der Waals surface area contributed by atoms with Crippen LogP contribution in [0.5, 0.6) is 0 Å². The SMILES string of the molecule is c1ccc(-c2nc(-c3ccccc3)nc(-c3cc4cc5ccccc5cn4n3)n2)cc1. The molecule has 6 rings (SSSR count). The van der Waals surface area contributed by atoms with Crippen LogP contribution in [0.1, 0.15) is 0 Å². The van der Waals surface area contributed by atoms with Gasteiger partial charge in [0.25, 0.3) is 0 Å². The second-order valence-corrected chi connectivity index (χ2v) is 7.34. The lowest BCUT2D eigenvalue weighted by Gasteiger charge is -2.06. The lowest BCUT2D eigenvalue weighted by Crippen LogP contribution is -2.00. The molecule has 3 heterocycles. The summed E-state index contributed by atoms with van der Waals surface area (Å²) in [7, 11) is 0. The van der Waals surface area contributed by atoms with Crippen LogP contribution in [-0.4, -0.2) is 24.6 Å². The van der Waals surface area contributed by atoms with Gasteiger partial charge in [-0.15, -0.1) is 0 Å². The van der Waals surface area contributed by atoms with E-state index in [0.29, 0.717) is 23.2 Å². The number of nitrogens with zero attached hydrogens (tertiary/aromatic N) is 5. The molecule has 3 aromatic carbocycles. The van der Waals surface area contributed by atoms with Gasteiger partial charge >= 0.3 is 0 Å². The van der Waals surface area contributed by atoms with Gasteiger partial charge in [0, 0.05) is 22.7 Å². The van der Waals surface area contributed by atoms with Crippen LogP contribution in [0, 0.1) is 0 Å². The highest BCUT2D eigenvalue weighted by atomic mass is 15.2. The fraction of sp³-hybridized carbons (Fsp3) is 0. The highest BCUT2D eigenvalue weighted by molar-refractivity contribution is 5.86. The average Bonchev–Trinajstić information content (AvgIpc) is 3.26.